The zero-order valence-corrected chi connectivity index (χ0v) is 12.6. The summed E-state index contributed by atoms with van der Waals surface area (Å²) >= 11 is 0. The van der Waals surface area contributed by atoms with Crippen molar-refractivity contribution in [2.75, 3.05) is 26.3 Å². The van der Waals surface area contributed by atoms with Gasteiger partial charge in [0.25, 0.3) is 0 Å². The predicted molar refractivity (Wildman–Crippen MR) is 79.6 cm³/mol. The molecule has 0 aliphatic carbocycles. The number of amides is 1. The van der Waals surface area contributed by atoms with Gasteiger partial charge in [-0.1, -0.05) is 6.07 Å². The summed E-state index contributed by atoms with van der Waals surface area (Å²) in [6, 6.07) is 7.51. The highest BCUT2D eigenvalue weighted by Crippen LogP contribution is 2.11. The van der Waals surface area contributed by atoms with Crippen LogP contribution in [0.5, 0.6) is 0 Å². The van der Waals surface area contributed by atoms with Crippen LogP contribution in [0.15, 0.2) is 18.2 Å². The number of ether oxygens (including phenoxy) is 1. The van der Waals surface area contributed by atoms with Crippen molar-refractivity contribution in [2.24, 2.45) is 0 Å². The lowest BCUT2D eigenvalue weighted by molar-refractivity contribution is -0.137. The van der Waals surface area contributed by atoms with Gasteiger partial charge >= 0.3 is 0 Å². The lowest BCUT2D eigenvalue weighted by Gasteiger charge is -2.29. The molecule has 112 valence electrons. The Bertz CT molecular complexity index is 545. The van der Waals surface area contributed by atoms with Gasteiger partial charge in [-0.3, -0.25) is 4.79 Å². The monoisotopic (exact) mass is 287 g/mol. The Morgan fingerprint density at radius 1 is 1.48 bits per heavy atom. The van der Waals surface area contributed by atoms with E-state index >= 15 is 0 Å². The maximum absolute atomic E-state index is 12.3. The normalized spacial score (nSPS) is 16.3. The number of nitriles is 1. The van der Waals surface area contributed by atoms with E-state index in [0.29, 0.717) is 38.4 Å². The molecule has 0 radical (unpaired) electrons. The highest BCUT2D eigenvalue weighted by Gasteiger charge is 2.21. The number of benzene rings is 1. The highest BCUT2D eigenvalue weighted by atomic mass is 16.5. The third-order valence-electron chi connectivity index (χ3n) is 3.76. The van der Waals surface area contributed by atoms with Gasteiger partial charge in [0.05, 0.1) is 30.9 Å². The molecule has 1 amide bonds. The summed E-state index contributed by atoms with van der Waals surface area (Å²) in [5.41, 5.74) is 2.83. The number of nitrogens with zero attached hydrogens (tertiary/aromatic N) is 2. The Morgan fingerprint density at radius 3 is 2.81 bits per heavy atom. The van der Waals surface area contributed by atoms with E-state index in [2.05, 4.69) is 11.4 Å². The summed E-state index contributed by atoms with van der Waals surface area (Å²) < 4.78 is 5.26. The second-order valence-electron chi connectivity index (χ2n) is 5.29. The van der Waals surface area contributed by atoms with Gasteiger partial charge in [-0.25, -0.2) is 0 Å². The van der Waals surface area contributed by atoms with Gasteiger partial charge < -0.3 is 15.0 Å². The molecule has 1 aliphatic rings. The average Bonchev–Trinajstić information content (AvgIpc) is 2.53. The topological polar surface area (TPSA) is 65.4 Å². The van der Waals surface area contributed by atoms with Gasteiger partial charge in [-0.15, -0.1) is 0 Å². The molecule has 1 aromatic carbocycles. The van der Waals surface area contributed by atoms with Gasteiger partial charge in [-0.05, 0) is 37.1 Å². The number of carbonyl (C=O) groups is 1. The van der Waals surface area contributed by atoms with E-state index in [9.17, 15) is 4.79 Å². The minimum atomic E-state index is -0.224. The second kappa shape index (κ2) is 7.21. The van der Waals surface area contributed by atoms with Crippen molar-refractivity contribution < 1.29 is 9.53 Å². The van der Waals surface area contributed by atoms with Crippen molar-refractivity contribution in [3.05, 3.63) is 34.9 Å². The standard InChI is InChI=1S/C16H21N3O2/c1-12-9-14(10-17)3-4-15(12)11-18-13(2)16(20)19-5-7-21-8-6-19/h3-4,9,13,18H,5-8,11H2,1-2H3. The first-order valence-electron chi connectivity index (χ1n) is 7.21. The summed E-state index contributed by atoms with van der Waals surface area (Å²) in [7, 11) is 0. The van der Waals surface area contributed by atoms with Crippen LogP contribution in [0.25, 0.3) is 0 Å². The summed E-state index contributed by atoms with van der Waals surface area (Å²) in [4.78, 5) is 14.1. The van der Waals surface area contributed by atoms with E-state index in [4.69, 9.17) is 10.00 Å². The maximum atomic E-state index is 12.3. The van der Waals surface area contributed by atoms with Crippen LogP contribution in [0.2, 0.25) is 0 Å². The first-order valence-corrected chi connectivity index (χ1v) is 7.21. The fourth-order valence-electron chi connectivity index (χ4n) is 2.37. The van der Waals surface area contributed by atoms with Crippen LogP contribution in [0.3, 0.4) is 0 Å². The van der Waals surface area contributed by atoms with Crippen molar-refractivity contribution in [1.82, 2.24) is 10.2 Å². The van der Waals surface area contributed by atoms with E-state index in [0.717, 1.165) is 11.1 Å². The second-order valence-corrected chi connectivity index (χ2v) is 5.29. The largest absolute Gasteiger partial charge is 0.378 e. The molecule has 0 saturated carbocycles. The van der Waals surface area contributed by atoms with Crippen LogP contribution in [0.4, 0.5) is 0 Å². The number of hydrogen-bond donors (Lipinski definition) is 1. The van der Waals surface area contributed by atoms with Crippen LogP contribution in [0, 0.1) is 18.3 Å². The van der Waals surface area contributed by atoms with Crippen molar-refractivity contribution in [3.63, 3.8) is 0 Å². The Hall–Kier alpha value is -1.90. The summed E-state index contributed by atoms with van der Waals surface area (Å²) in [6.07, 6.45) is 0. The Balaban J connectivity index is 1.90. The third kappa shape index (κ3) is 4.03. The van der Waals surface area contributed by atoms with Crippen molar-refractivity contribution >= 4 is 5.91 Å². The quantitative estimate of drug-likeness (QED) is 0.904. The van der Waals surface area contributed by atoms with Gasteiger partial charge in [0, 0.05) is 19.6 Å². The van der Waals surface area contributed by atoms with Crippen LogP contribution in [-0.4, -0.2) is 43.2 Å². The minimum absolute atomic E-state index is 0.115. The molecule has 0 spiro atoms. The van der Waals surface area contributed by atoms with Crippen molar-refractivity contribution in [3.8, 4) is 6.07 Å². The molecule has 1 heterocycles. The fourth-order valence-corrected chi connectivity index (χ4v) is 2.37. The van der Waals surface area contributed by atoms with Crippen LogP contribution in [-0.2, 0) is 16.1 Å². The summed E-state index contributed by atoms with van der Waals surface area (Å²) in [5.74, 6) is 0.115. The van der Waals surface area contributed by atoms with Crippen LogP contribution < -0.4 is 5.32 Å². The summed E-state index contributed by atoms with van der Waals surface area (Å²) in [5, 5.41) is 12.1. The molecule has 1 atom stereocenters. The number of rotatable bonds is 4. The van der Waals surface area contributed by atoms with E-state index in [1.165, 1.54) is 0 Å². The molecular weight excluding hydrogens is 266 g/mol. The lowest BCUT2D eigenvalue weighted by atomic mass is 10.1. The predicted octanol–water partition coefficient (Wildman–Crippen LogP) is 1.20. The molecular formula is C16H21N3O2. The smallest absolute Gasteiger partial charge is 0.239 e. The lowest BCUT2D eigenvalue weighted by Crippen LogP contribution is -2.49. The number of aryl methyl sites for hydroxylation is 1. The first kappa shape index (κ1) is 15.5. The van der Waals surface area contributed by atoms with E-state index in [-0.39, 0.29) is 11.9 Å². The zero-order chi connectivity index (χ0) is 15.2. The van der Waals surface area contributed by atoms with E-state index in [1.807, 2.05) is 30.9 Å². The minimum Gasteiger partial charge on any atom is -0.378 e. The summed E-state index contributed by atoms with van der Waals surface area (Å²) in [6.45, 7) is 7.06. The molecule has 2 rings (SSSR count). The number of nitrogens with one attached hydrogen (secondary N) is 1. The van der Waals surface area contributed by atoms with Crippen molar-refractivity contribution in [1.29, 1.82) is 5.26 Å². The maximum Gasteiger partial charge on any atom is 0.239 e. The number of morpholine rings is 1. The van der Waals surface area contributed by atoms with Crippen molar-refractivity contribution in [2.45, 2.75) is 26.4 Å². The molecule has 1 aromatic rings. The Labute approximate surface area is 125 Å². The third-order valence-corrected chi connectivity index (χ3v) is 3.76. The van der Waals surface area contributed by atoms with E-state index in [1.54, 1.807) is 6.07 Å². The van der Waals surface area contributed by atoms with Crippen LogP contribution >= 0.6 is 0 Å². The van der Waals surface area contributed by atoms with Gasteiger partial charge in [0.2, 0.25) is 5.91 Å². The molecule has 5 heteroatoms. The molecule has 5 nitrogen and oxygen atoms in total. The SMILES string of the molecule is Cc1cc(C#N)ccc1CNC(C)C(=O)N1CCOCC1. The zero-order valence-electron chi connectivity index (χ0n) is 12.6. The average molecular weight is 287 g/mol. The molecule has 1 fully saturated rings. The molecule has 1 saturated heterocycles. The van der Waals surface area contributed by atoms with Gasteiger partial charge in [0.15, 0.2) is 0 Å². The molecule has 0 aromatic heterocycles. The number of carbonyl (C=O) groups excluding carboxylic acids is 1. The number of hydrogen-bond acceptors (Lipinski definition) is 4. The Morgan fingerprint density at radius 2 is 2.19 bits per heavy atom. The molecule has 1 N–H and O–H groups in total. The molecule has 21 heavy (non-hydrogen) atoms. The molecule has 1 unspecified atom stereocenters. The molecule has 0 bridgehead atoms. The first-order chi connectivity index (χ1) is 10.1. The molecule has 1 aliphatic heterocycles. The van der Waals surface area contributed by atoms with E-state index < -0.39 is 0 Å². The Kier molecular flexibility index (Phi) is 5.32. The van der Waals surface area contributed by atoms with Gasteiger partial charge in [-0.2, -0.15) is 5.26 Å². The van der Waals surface area contributed by atoms with Gasteiger partial charge in [0.1, 0.15) is 0 Å². The fraction of sp³-hybridized carbons (Fsp3) is 0.500. The van der Waals surface area contributed by atoms with Crippen LogP contribution in [0.1, 0.15) is 23.6 Å². The highest BCUT2D eigenvalue weighted by molar-refractivity contribution is 5.81.